The molecule has 3 rings (SSSR count). The van der Waals surface area contributed by atoms with Crippen LogP contribution in [0.15, 0.2) is 48.7 Å². The van der Waals surface area contributed by atoms with Crippen LogP contribution in [0.3, 0.4) is 0 Å². The van der Waals surface area contributed by atoms with Gasteiger partial charge in [0.05, 0.1) is 18.3 Å². The van der Waals surface area contributed by atoms with Gasteiger partial charge in [0.15, 0.2) is 0 Å². The van der Waals surface area contributed by atoms with Crippen LogP contribution in [0.2, 0.25) is 0 Å². The van der Waals surface area contributed by atoms with Crippen molar-refractivity contribution in [3.63, 3.8) is 0 Å². The smallest absolute Gasteiger partial charge is 0.315 e. The van der Waals surface area contributed by atoms with E-state index in [0.717, 1.165) is 5.69 Å². The average Bonchev–Trinajstić information content (AvgIpc) is 2.95. The van der Waals surface area contributed by atoms with Crippen LogP contribution < -0.4 is 15.5 Å². The van der Waals surface area contributed by atoms with E-state index in [1.165, 1.54) is 12.1 Å². The van der Waals surface area contributed by atoms with Gasteiger partial charge in [-0.05, 0) is 36.4 Å². The lowest BCUT2D eigenvalue weighted by Gasteiger charge is -2.17. The Balaban J connectivity index is 1.52. The highest BCUT2D eigenvalue weighted by atomic mass is 19.1. The van der Waals surface area contributed by atoms with E-state index in [9.17, 15) is 14.0 Å². The Kier molecular flexibility index (Phi) is 4.69. The van der Waals surface area contributed by atoms with Crippen molar-refractivity contribution in [2.45, 2.75) is 19.0 Å². The van der Waals surface area contributed by atoms with Crippen LogP contribution in [0.4, 0.5) is 14.9 Å². The van der Waals surface area contributed by atoms with E-state index in [-0.39, 0.29) is 30.2 Å². The first-order chi connectivity index (χ1) is 11.6. The van der Waals surface area contributed by atoms with Crippen LogP contribution in [0, 0.1) is 5.82 Å². The topological polar surface area (TPSA) is 74.3 Å². The molecule has 2 heterocycles. The Labute approximate surface area is 138 Å². The molecular weight excluding hydrogens is 311 g/mol. The average molecular weight is 328 g/mol. The van der Waals surface area contributed by atoms with Crippen molar-refractivity contribution in [2.75, 3.05) is 11.4 Å². The van der Waals surface area contributed by atoms with Crippen LogP contribution in [-0.2, 0) is 11.3 Å². The summed E-state index contributed by atoms with van der Waals surface area (Å²) in [6.45, 7) is 0.677. The molecule has 1 aromatic heterocycles. The first-order valence-corrected chi connectivity index (χ1v) is 7.62. The largest absolute Gasteiger partial charge is 0.333 e. The molecule has 1 fully saturated rings. The number of amides is 3. The van der Waals surface area contributed by atoms with E-state index in [0.29, 0.717) is 18.8 Å². The standard InChI is InChI=1S/C17H17FN4O2/c18-12-4-6-15(7-5-12)22-11-14(9-16(22)23)21-17(24)20-10-13-3-1-2-8-19-13/h1-8,14H,9-11H2,(H2,20,21,24). The van der Waals surface area contributed by atoms with Crippen molar-refractivity contribution in [1.29, 1.82) is 0 Å². The van der Waals surface area contributed by atoms with Crippen LogP contribution in [0.25, 0.3) is 0 Å². The van der Waals surface area contributed by atoms with Crippen molar-refractivity contribution >= 4 is 17.6 Å². The molecule has 1 aliphatic rings. The van der Waals surface area contributed by atoms with Gasteiger partial charge >= 0.3 is 6.03 Å². The van der Waals surface area contributed by atoms with E-state index in [1.54, 1.807) is 29.3 Å². The second-order valence-corrected chi connectivity index (χ2v) is 5.53. The molecule has 6 nitrogen and oxygen atoms in total. The van der Waals surface area contributed by atoms with Crippen molar-refractivity contribution in [1.82, 2.24) is 15.6 Å². The number of nitrogens with zero attached hydrogens (tertiary/aromatic N) is 2. The maximum Gasteiger partial charge on any atom is 0.315 e. The van der Waals surface area contributed by atoms with Gasteiger partial charge in [-0.3, -0.25) is 9.78 Å². The number of nitrogens with one attached hydrogen (secondary N) is 2. The fourth-order valence-electron chi connectivity index (χ4n) is 2.58. The van der Waals surface area contributed by atoms with Gasteiger partial charge in [0.2, 0.25) is 5.91 Å². The number of hydrogen-bond donors (Lipinski definition) is 2. The molecule has 0 radical (unpaired) electrons. The Hall–Kier alpha value is -2.96. The predicted octanol–water partition coefficient (Wildman–Crippen LogP) is 1.83. The minimum absolute atomic E-state index is 0.100. The van der Waals surface area contributed by atoms with Gasteiger partial charge < -0.3 is 15.5 Å². The van der Waals surface area contributed by atoms with E-state index >= 15 is 0 Å². The molecule has 1 aliphatic heterocycles. The summed E-state index contributed by atoms with van der Waals surface area (Å²) in [5, 5.41) is 5.49. The summed E-state index contributed by atoms with van der Waals surface area (Å²) < 4.78 is 13.0. The molecule has 2 N–H and O–H groups in total. The van der Waals surface area contributed by atoms with E-state index in [2.05, 4.69) is 15.6 Å². The summed E-state index contributed by atoms with van der Waals surface area (Å²) in [5.74, 6) is -0.453. The van der Waals surface area contributed by atoms with Crippen LogP contribution in [0.1, 0.15) is 12.1 Å². The molecule has 0 bridgehead atoms. The number of aromatic nitrogens is 1. The highest BCUT2D eigenvalue weighted by Gasteiger charge is 2.31. The zero-order chi connectivity index (χ0) is 16.9. The lowest BCUT2D eigenvalue weighted by atomic mass is 10.2. The molecule has 1 unspecified atom stereocenters. The maximum absolute atomic E-state index is 13.0. The summed E-state index contributed by atoms with van der Waals surface area (Å²) in [6.07, 6.45) is 1.87. The first-order valence-electron chi connectivity index (χ1n) is 7.62. The quantitative estimate of drug-likeness (QED) is 0.899. The number of rotatable bonds is 4. The van der Waals surface area contributed by atoms with Gasteiger partial charge in [0.25, 0.3) is 0 Å². The molecule has 0 spiro atoms. The molecule has 1 atom stereocenters. The minimum Gasteiger partial charge on any atom is -0.333 e. The van der Waals surface area contributed by atoms with Gasteiger partial charge in [0.1, 0.15) is 5.82 Å². The van der Waals surface area contributed by atoms with Crippen LogP contribution >= 0.6 is 0 Å². The Bertz CT molecular complexity index is 721. The van der Waals surface area contributed by atoms with Gasteiger partial charge in [-0.15, -0.1) is 0 Å². The summed E-state index contributed by atoms with van der Waals surface area (Å²) in [5.41, 5.74) is 1.38. The van der Waals surface area contributed by atoms with Gasteiger partial charge in [-0.2, -0.15) is 0 Å². The molecule has 1 saturated heterocycles. The zero-order valence-electron chi connectivity index (χ0n) is 12.9. The third-order valence-corrected chi connectivity index (χ3v) is 3.75. The molecular formula is C17H17FN4O2. The summed E-state index contributed by atoms with van der Waals surface area (Å²) in [6, 6.07) is 10.6. The van der Waals surface area contributed by atoms with Crippen molar-refractivity contribution in [3.05, 3.63) is 60.2 Å². The third-order valence-electron chi connectivity index (χ3n) is 3.75. The number of hydrogen-bond acceptors (Lipinski definition) is 3. The number of carbonyl (C=O) groups is 2. The van der Waals surface area contributed by atoms with E-state index in [1.807, 2.05) is 12.1 Å². The number of carbonyl (C=O) groups excluding carboxylic acids is 2. The normalized spacial score (nSPS) is 17.0. The van der Waals surface area contributed by atoms with E-state index in [4.69, 9.17) is 0 Å². The third kappa shape index (κ3) is 3.87. The summed E-state index contributed by atoms with van der Waals surface area (Å²) >= 11 is 0. The van der Waals surface area contributed by atoms with Crippen LogP contribution in [-0.4, -0.2) is 29.5 Å². The number of benzene rings is 1. The zero-order valence-corrected chi connectivity index (χ0v) is 12.9. The number of urea groups is 1. The number of halogens is 1. The Morgan fingerprint density at radius 2 is 2.04 bits per heavy atom. The molecule has 24 heavy (non-hydrogen) atoms. The molecule has 0 saturated carbocycles. The van der Waals surface area contributed by atoms with Gasteiger partial charge in [0, 0.05) is 24.8 Å². The lowest BCUT2D eigenvalue weighted by Crippen LogP contribution is -2.43. The molecule has 1 aromatic carbocycles. The van der Waals surface area contributed by atoms with Crippen LogP contribution in [0.5, 0.6) is 0 Å². The minimum atomic E-state index is -0.353. The monoisotopic (exact) mass is 328 g/mol. The predicted molar refractivity (Wildman–Crippen MR) is 86.8 cm³/mol. The molecule has 124 valence electrons. The summed E-state index contributed by atoms with van der Waals surface area (Å²) in [7, 11) is 0. The number of pyridine rings is 1. The molecule has 3 amide bonds. The maximum atomic E-state index is 13.0. The SMILES string of the molecule is O=C(NCc1ccccn1)NC1CC(=O)N(c2ccc(F)cc2)C1. The first kappa shape index (κ1) is 15.9. The summed E-state index contributed by atoms with van der Waals surface area (Å²) in [4.78, 5) is 29.7. The van der Waals surface area contributed by atoms with E-state index < -0.39 is 0 Å². The van der Waals surface area contributed by atoms with Gasteiger partial charge in [-0.25, -0.2) is 9.18 Å². The lowest BCUT2D eigenvalue weighted by molar-refractivity contribution is -0.117. The fraction of sp³-hybridized carbons (Fsp3) is 0.235. The Morgan fingerprint density at radius 3 is 2.75 bits per heavy atom. The fourth-order valence-corrected chi connectivity index (χ4v) is 2.58. The second-order valence-electron chi connectivity index (χ2n) is 5.53. The molecule has 0 aliphatic carbocycles. The second kappa shape index (κ2) is 7.08. The molecule has 2 aromatic rings. The highest BCUT2D eigenvalue weighted by Crippen LogP contribution is 2.21. The van der Waals surface area contributed by atoms with Gasteiger partial charge in [-0.1, -0.05) is 6.07 Å². The van der Waals surface area contributed by atoms with Crippen molar-refractivity contribution in [2.24, 2.45) is 0 Å². The van der Waals surface area contributed by atoms with Crippen molar-refractivity contribution in [3.8, 4) is 0 Å². The Morgan fingerprint density at radius 1 is 1.25 bits per heavy atom. The highest BCUT2D eigenvalue weighted by molar-refractivity contribution is 5.96. The molecule has 7 heteroatoms. The van der Waals surface area contributed by atoms with Crippen molar-refractivity contribution < 1.29 is 14.0 Å². The number of anilines is 1.